The Bertz CT molecular complexity index is 518. The molecule has 0 atom stereocenters. The van der Waals surface area contributed by atoms with Gasteiger partial charge in [0, 0.05) is 5.56 Å². The largest absolute Gasteiger partial charge is 0.506 e. The first-order valence-electron chi connectivity index (χ1n) is 5.74. The number of carbonyl (C=O) groups is 1. The maximum atomic E-state index is 12.8. The topological polar surface area (TPSA) is 70.4 Å². The molecule has 0 unspecified atom stereocenters. The molecule has 0 saturated carbocycles. The second-order valence-electron chi connectivity index (χ2n) is 4.29. The minimum atomic E-state index is -0.791. The monoisotopic (exact) mass is 265 g/mol. The molecule has 0 saturated heterocycles. The van der Waals surface area contributed by atoms with Crippen molar-refractivity contribution in [3.05, 3.63) is 41.2 Å². The first kappa shape index (κ1) is 14.9. The molecular formula is C14H16FNO3. The number of hydrogen-bond acceptors (Lipinski definition) is 4. The lowest BCUT2D eigenvalue weighted by molar-refractivity contribution is -0.135. The Morgan fingerprint density at radius 2 is 1.84 bits per heavy atom. The highest BCUT2D eigenvalue weighted by molar-refractivity contribution is 6.23. The number of rotatable bonds is 4. The van der Waals surface area contributed by atoms with E-state index in [1.165, 1.54) is 31.4 Å². The van der Waals surface area contributed by atoms with E-state index in [0.29, 0.717) is 0 Å². The van der Waals surface area contributed by atoms with Gasteiger partial charge in [-0.3, -0.25) is 0 Å². The molecule has 4 nitrogen and oxygen atoms in total. The number of nitrogens with one attached hydrogen (secondary N) is 1. The van der Waals surface area contributed by atoms with Crippen molar-refractivity contribution in [2.45, 2.75) is 13.8 Å². The molecule has 0 heterocycles. The zero-order valence-corrected chi connectivity index (χ0v) is 11.0. The third-order valence-corrected chi connectivity index (χ3v) is 2.59. The summed E-state index contributed by atoms with van der Waals surface area (Å²) >= 11 is 0. The Balaban J connectivity index is 3.35. The van der Waals surface area contributed by atoms with Crippen LogP contribution in [0.2, 0.25) is 0 Å². The van der Waals surface area contributed by atoms with Gasteiger partial charge in [0.2, 0.25) is 0 Å². The molecule has 5 heteroatoms. The van der Waals surface area contributed by atoms with Crippen molar-refractivity contribution in [3.8, 4) is 0 Å². The van der Waals surface area contributed by atoms with Gasteiger partial charge < -0.3 is 15.3 Å². The molecule has 0 amide bonds. The number of benzene rings is 1. The maximum Gasteiger partial charge on any atom is 0.343 e. The van der Waals surface area contributed by atoms with E-state index < -0.39 is 11.8 Å². The minimum Gasteiger partial charge on any atom is -0.506 e. The Hall–Kier alpha value is -2.17. The predicted molar refractivity (Wildman–Crippen MR) is 70.5 cm³/mol. The number of aliphatic hydroxyl groups excluding tert-OH is 1. The first-order valence-corrected chi connectivity index (χ1v) is 5.74. The van der Waals surface area contributed by atoms with Crippen LogP contribution in [-0.2, 0) is 9.53 Å². The summed E-state index contributed by atoms with van der Waals surface area (Å²) in [5, 5.41) is 18.0. The van der Waals surface area contributed by atoms with E-state index in [4.69, 9.17) is 5.41 Å². The van der Waals surface area contributed by atoms with Crippen molar-refractivity contribution < 1.29 is 19.0 Å². The van der Waals surface area contributed by atoms with Gasteiger partial charge in [-0.25, -0.2) is 9.18 Å². The van der Waals surface area contributed by atoms with Crippen LogP contribution in [0.4, 0.5) is 4.39 Å². The summed E-state index contributed by atoms with van der Waals surface area (Å²) in [5.41, 5.74) is 0.0185. The highest BCUT2D eigenvalue weighted by Crippen LogP contribution is 2.20. The first-order chi connectivity index (χ1) is 8.88. The average molecular weight is 265 g/mol. The Morgan fingerprint density at radius 1 is 1.32 bits per heavy atom. The van der Waals surface area contributed by atoms with E-state index in [-0.39, 0.29) is 28.5 Å². The van der Waals surface area contributed by atoms with Crippen LogP contribution in [-0.4, -0.2) is 23.9 Å². The van der Waals surface area contributed by atoms with Gasteiger partial charge in [0.1, 0.15) is 17.1 Å². The van der Waals surface area contributed by atoms with E-state index in [0.717, 1.165) is 0 Å². The second-order valence-corrected chi connectivity index (χ2v) is 4.29. The van der Waals surface area contributed by atoms with E-state index in [1.54, 1.807) is 13.8 Å². The number of ether oxygens (including phenoxy) is 1. The van der Waals surface area contributed by atoms with Gasteiger partial charge in [-0.05, 0) is 30.2 Å². The Labute approximate surface area is 111 Å². The minimum absolute atomic E-state index is 0.0336. The van der Waals surface area contributed by atoms with E-state index in [1.807, 2.05) is 0 Å². The van der Waals surface area contributed by atoms with Gasteiger partial charge in [-0.1, -0.05) is 13.8 Å². The van der Waals surface area contributed by atoms with Crippen molar-refractivity contribution in [2.75, 3.05) is 7.11 Å². The van der Waals surface area contributed by atoms with Crippen molar-refractivity contribution in [3.63, 3.8) is 0 Å². The summed E-state index contributed by atoms with van der Waals surface area (Å²) in [6.45, 7) is 3.45. The number of esters is 1. The smallest absolute Gasteiger partial charge is 0.343 e. The molecule has 0 aliphatic rings. The van der Waals surface area contributed by atoms with Crippen LogP contribution < -0.4 is 0 Å². The van der Waals surface area contributed by atoms with Crippen LogP contribution in [0.25, 0.3) is 5.76 Å². The van der Waals surface area contributed by atoms with Gasteiger partial charge in [-0.2, -0.15) is 0 Å². The zero-order valence-electron chi connectivity index (χ0n) is 11.0. The Morgan fingerprint density at radius 3 is 2.26 bits per heavy atom. The standard InChI is InChI=1S/C14H16FNO3/c1-8(2)12(16)11(14(18)19-3)13(17)9-4-6-10(15)7-5-9/h4-8,16-17H,1-3H3. The van der Waals surface area contributed by atoms with Crippen LogP contribution in [0, 0.1) is 17.1 Å². The van der Waals surface area contributed by atoms with Gasteiger partial charge in [0.15, 0.2) is 0 Å². The van der Waals surface area contributed by atoms with Crippen molar-refractivity contribution in [2.24, 2.45) is 5.92 Å². The summed E-state index contributed by atoms with van der Waals surface area (Å²) in [5.74, 6) is -1.88. The lowest BCUT2D eigenvalue weighted by Crippen LogP contribution is -2.20. The fourth-order valence-corrected chi connectivity index (χ4v) is 1.48. The van der Waals surface area contributed by atoms with Crippen LogP contribution in [0.3, 0.4) is 0 Å². The highest BCUT2D eigenvalue weighted by Gasteiger charge is 2.23. The van der Waals surface area contributed by atoms with Gasteiger partial charge in [0.05, 0.1) is 12.8 Å². The molecule has 1 aromatic rings. The summed E-state index contributed by atoms with van der Waals surface area (Å²) in [4.78, 5) is 11.7. The van der Waals surface area contributed by atoms with Crippen LogP contribution in [0.15, 0.2) is 29.8 Å². The molecule has 1 aromatic carbocycles. The molecular weight excluding hydrogens is 249 g/mol. The predicted octanol–water partition coefficient (Wildman–Crippen LogP) is 2.94. The quantitative estimate of drug-likeness (QED) is 0.380. The molecule has 0 radical (unpaired) electrons. The fraction of sp³-hybridized carbons (Fsp3) is 0.286. The van der Waals surface area contributed by atoms with Gasteiger partial charge in [0.25, 0.3) is 0 Å². The molecule has 1 rings (SSSR count). The summed E-state index contributed by atoms with van der Waals surface area (Å²) in [6, 6.07) is 5.00. The number of halogens is 1. The molecule has 102 valence electrons. The number of carbonyl (C=O) groups excluding carboxylic acids is 1. The van der Waals surface area contributed by atoms with Crippen molar-refractivity contribution in [1.82, 2.24) is 0 Å². The average Bonchev–Trinajstić information content (AvgIpc) is 2.39. The molecule has 0 aliphatic heterocycles. The third-order valence-electron chi connectivity index (χ3n) is 2.59. The lowest BCUT2D eigenvalue weighted by Gasteiger charge is -2.13. The van der Waals surface area contributed by atoms with Crippen molar-refractivity contribution >= 4 is 17.4 Å². The van der Waals surface area contributed by atoms with Crippen molar-refractivity contribution in [1.29, 1.82) is 5.41 Å². The highest BCUT2D eigenvalue weighted by atomic mass is 19.1. The van der Waals surface area contributed by atoms with Crippen LogP contribution in [0.1, 0.15) is 19.4 Å². The maximum absolute atomic E-state index is 12.8. The molecule has 0 fully saturated rings. The molecule has 0 bridgehead atoms. The third kappa shape index (κ3) is 3.40. The molecule has 0 spiro atoms. The second kappa shape index (κ2) is 6.13. The molecule has 2 N–H and O–H groups in total. The number of aliphatic hydroxyl groups is 1. The molecule has 0 aliphatic carbocycles. The fourth-order valence-electron chi connectivity index (χ4n) is 1.48. The zero-order chi connectivity index (χ0) is 14.6. The van der Waals surface area contributed by atoms with E-state index in [2.05, 4.69) is 4.74 Å². The summed E-state index contributed by atoms with van der Waals surface area (Å²) in [6.07, 6.45) is 0. The van der Waals surface area contributed by atoms with E-state index >= 15 is 0 Å². The number of hydrogen-bond donors (Lipinski definition) is 2. The number of methoxy groups -OCH3 is 1. The lowest BCUT2D eigenvalue weighted by atomic mass is 9.96. The SMILES string of the molecule is COC(=O)C(C(=N)C(C)C)=C(O)c1ccc(F)cc1. The summed E-state index contributed by atoms with van der Waals surface area (Å²) in [7, 11) is 1.17. The van der Waals surface area contributed by atoms with Gasteiger partial charge in [-0.15, -0.1) is 0 Å². The Kier molecular flexibility index (Phi) is 4.80. The molecule has 0 aromatic heterocycles. The molecule has 19 heavy (non-hydrogen) atoms. The van der Waals surface area contributed by atoms with Crippen LogP contribution >= 0.6 is 0 Å². The van der Waals surface area contributed by atoms with Gasteiger partial charge >= 0.3 is 5.97 Å². The summed E-state index contributed by atoms with van der Waals surface area (Å²) < 4.78 is 17.4. The van der Waals surface area contributed by atoms with Crippen LogP contribution in [0.5, 0.6) is 0 Å². The van der Waals surface area contributed by atoms with E-state index in [9.17, 15) is 14.3 Å². The normalized spacial score (nSPS) is 12.1.